The van der Waals surface area contributed by atoms with E-state index in [0.29, 0.717) is 24.9 Å². The van der Waals surface area contributed by atoms with Crippen molar-refractivity contribution in [2.24, 2.45) is 17.6 Å². The molecule has 3 rings (SSSR count). The van der Waals surface area contributed by atoms with E-state index in [1.165, 1.54) is 12.8 Å². The first-order valence-electron chi connectivity index (χ1n) is 8.48. The zero-order valence-electron chi connectivity index (χ0n) is 12.7. The lowest BCUT2D eigenvalue weighted by Crippen LogP contribution is -2.48. The number of nitrogens with zero attached hydrogens (tertiary/aromatic N) is 1. The normalized spacial score (nSPS) is 36.2. The molecule has 3 N–H and O–H groups in total. The molecule has 1 saturated carbocycles. The number of hydrogen-bond acceptors (Lipinski definition) is 3. The average molecular weight is 293 g/mol. The van der Waals surface area contributed by atoms with Gasteiger partial charge in [-0.2, -0.15) is 0 Å². The highest BCUT2D eigenvalue weighted by molar-refractivity contribution is 5.84. The molecular weight excluding hydrogens is 266 g/mol. The Morgan fingerprint density at radius 1 is 1.24 bits per heavy atom. The summed E-state index contributed by atoms with van der Waals surface area (Å²) in [5.41, 5.74) is 5.93. The highest BCUT2D eigenvalue weighted by atomic mass is 16.2. The van der Waals surface area contributed by atoms with Gasteiger partial charge in [0.25, 0.3) is 0 Å². The van der Waals surface area contributed by atoms with Crippen molar-refractivity contribution in [1.82, 2.24) is 10.2 Å². The van der Waals surface area contributed by atoms with Gasteiger partial charge >= 0.3 is 0 Å². The summed E-state index contributed by atoms with van der Waals surface area (Å²) in [7, 11) is 0. The van der Waals surface area contributed by atoms with Crippen LogP contribution < -0.4 is 11.1 Å². The fourth-order valence-corrected chi connectivity index (χ4v) is 4.21. The molecule has 0 aromatic carbocycles. The molecular formula is C16H27N3O2. The van der Waals surface area contributed by atoms with Crippen LogP contribution in [0.3, 0.4) is 0 Å². The summed E-state index contributed by atoms with van der Waals surface area (Å²) in [6.45, 7) is 1.47. The minimum absolute atomic E-state index is 0.0374. The van der Waals surface area contributed by atoms with E-state index in [2.05, 4.69) is 5.32 Å². The summed E-state index contributed by atoms with van der Waals surface area (Å²) in [4.78, 5) is 26.2. The third-order valence-corrected chi connectivity index (χ3v) is 5.58. The number of nitrogens with two attached hydrogens (primary N) is 1. The van der Waals surface area contributed by atoms with Gasteiger partial charge in [-0.3, -0.25) is 9.59 Å². The van der Waals surface area contributed by atoms with Gasteiger partial charge in [-0.15, -0.1) is 0 Å². The van der Waals surface area contributed by atoms with Crippen LogP contribution in [0.25, 0.3) is 0 Å². The fraction of sp³-hybridized carbons (Fsp3) is 0.875. The van der Waals surface area contributed by atoms with Crippen LogP contribution in [0.2, 0.25) is 0 Å². The summed E-state index contributed by atoms with van der Waals surface area (Å²) < 4.78 is 0. The lowest BCUT2D eigenvalue weighted by atomic mass is 9.83. The topological polar surface area (TPSA) is 75.4 Å². The largest absolute Gasteiger partial charge is 0.354 e. The summed E-state index contributed by atoms with van der Waals surface area (Å²) in [5.74, 6) is 1.09. The zero-order chi connectivity index (χ0) is 14.8. The summed E-state index contributed by atoms with van der Waals surface area (Å²) in [6, 6.07) is 0.480. The van der Waals surface area contributed by atoms with E-state index < -0.39 is 0 Å². The Labute approximate surface area is 126 Å². The molecule has 1 aliphatic carbocycles. The van der Waals surface area contributed by atoms with Crippen LogP contribution in [0, 0.1) is 11.8 Å². The van der Waals surface area contributed by atoms with E-state index in [0.717, 1.165) is 38.6 Å². The first-order chi connectivity index (χ1) is 10.1. The number of amides is 2. The average Bonchev–Trinajstić information content (AvgIpc) is 2.88. The molecule has 3 aliphatic rings. The number of likely N-dealkylation sites (tertiary alicyclic amines) is 1. The second-order valence-electron chi connectivity index (χ2n) is 6.97. The molecule has 3 fully saturated rings. The number of piperidine rings is 1. The molecule has 2 atom stereocenters. The fourth-order valence-electron chi connectivity index (χ4n) is 4.21. The molecule has 2 aliphatic heterocycles. The summed E-state index contributed by atoms with van der Waals surface area (Å²) in [5, 5.41) is 2.91. The molecule has 0 aromatic heterocycles. The molecule has 2 saturated heterocycles. The smallest absolute Gasteiger partial charge is 0.225 e. The lowest BCUT2D eigenvalue weighted by molar-refractivity contribution is -0.137. The molecule has 2 amide bonds. The van der Waals surface area contributed by atoms with Crippen LogP contribution in [-0.2, 0) is 9.59 Å². The molecule has 118 valence electrons. The van der Waals surface area contributed by atoms with Gasteiger partial charge in [0.05, 0.1) is 12.0 Å². The van der Waals surface area contributed by atoms with Gasteiger partial charge in [0.15, 0.2) is 0 Å². The minimum Gasteiger partial charge on any atom is -0.354 e. The minimum atomic E-state index is 0.0374. The predicted molar refractivity (Wildman–Crippen MR) is 80.4 cm³/mol. The highest BCUT2D eigenvalue weighted by Crippen LogP contribution is 2.30. The Morgan fingerprint density at radius 2 is 2.00 bits per heavy atom. The molecule has 0 radical (unpaired) electrons. The van der Waals surface area contributed by atoms with E-state index in [-0.39, 0.29) is 23.8 Å². The van der Waals surface area contributed by atoms with Gasteiger partial charge in [0, 0.05) is 25.6 Å². The third kappa shape index (κ3) is 3.23. The summed E-state index contributed by atoms with van der Waals surface area (Å²) >= 11 is 0. The van der Waals surface area contributed by atoms with Gasteiger partial charge in [-0.05, 0) is 50.9 Å². The van der Waals surface area contributed by atoms with Crippen molar-refractivity contribution in [2.75, 3.05) is 13.1 Å². The quantitative estimate of drug-likeness (QED) is 0.816. The highest BCUT2D eigenvalue weighted by Gasteiger charge is 2.42. The molecule has 5 heteroatoms. The maximum absolute atomic E-state index is 12.5. The zero-order valence-corrected chi connectivity index (χ0v) is 12.7. The van der Waals surface area contributed by atoms with Crippen molar-refractivity contribution in [3.05, 3.63) is 0 Å². The SMILES string of the molecule is NC1CCC(CCC(=O)N2CCCC3C(=O)NCC32)CC1. The monoisotopic (exact) mass is 293 g/mol. The molecule has 0 bridgehead atoms. The number of nitrogens with one attached hydrogen (secondary N) is 1. The van der Waals surface area contributed by atoms with Crippen molar-refractivity contribution in [3.63, 3.8) is 0 Å². The number of carbonyl (C=O) groups is 2. The van der Waals surface area contributed by atoms with Crippen molar-refractivity contribution in [1.29, 1.82) is 0 Å². The molecule has 0 spiro atoms. The van der Waals surface area contributed by atoms with Crippen molar-refractivity contribution < 1.29 is 9.59 Å². The van der Waals surface area contributed by atoms with E-state index in [1.807, 2.05) is 4.90 Å². The molecule has 2 unspecified atom stereocenters. The van der Waals surface area contributed by atoms with Crippen LogP contribution in [0.15, 0.2) is 0 Å². The van der Waals surface area contributed by atoms with Crippen LogP contribution in [0.5, 0.6) is 0 Å². The number of rotatable bonds is 3. The first kappa shape index (κ1) is 14.8. The van der Waals surface area contributed by atoms with E-state index in [4.69, 9.17) is 5.73 Å². The van der Waals surface area contributed by atoms with Crippen LogP contribution in [0.4, 0.5) is 0 Å². The van der Waals surface area contributed by atoms with E-state index >= 15 is 0 Å². The number of fused-ring (bicyclic) bond motifs is 1. The number of hydrogen-bond donors (Lipinski definition) is 2. The van der Waals surface area contributed by atoms with Gasteiger partial charge < -0.3 is 16.0 Å². The Bertz CT molecular complexity index is 404. The second-order valence-corrected chi connectivity index (χ2v) is 6.97. The van der Waals surface area contributed by atoms with Gasteiger partial charge in [-0.1, -0.05) is 0 Å². The van der Waals surface area contributed by atoms with Crippen LogP contribution in [0.1, 0.15) is 51.4 Å². The van der Waals surface area contributed by atoms with Crippen LogP contribution >= 0.6 is 0 Å². The predicted octanol–water partition coefficient (Wildman–Crippen LogP) is 1.02. The van der Waals surface area contributed by atoms with Gasteiger partial charge in [0.1, 0.15) is 0 Å². The maximum atomic E-state index is 12.5. The van der Waals surface area contributed by atoms with Gasteiger partial charge in [-0.25, -0.2) is 0 Å². The van der Waals surface area contributed by atoms with Crippen molar-refractivity contribution >= 4 is 11.8 Å². The third-order valence-electron chi connectivity index (χ3n) is 5.58. The second kappa shape index (κ2) is 6.34. The molecule has 5 nitrogen and oxygen atoms in total. The Hall–Kier alpha value is -1.10. The standard InChI is InChI=1S/C16H27N3O2/c17-12-6-3-11(4-7-12)5-8-15(20)19-9-1-2-13-14(19)10-18-16(13)21/h11-14H,1-10,17H2,(H,18,21). The van der Waals surface area contributed by atoms with Crippen molar-refractivity contribution in [3.8, 4) is 0 Å². The molecule has 21 heavy (non-hydrogen) atoms. The molecule has 2 heterocycles. The first-order valence-corrected chi connectivity index (χ1v) is 8.48. The lowest BCUT2D eigenvalue weighted by Gasteiger charge is -2.36. The molecule has 0 aromatic rings. The summed E-state index contributed by atoms with van der Waals surface area (Å²) in [6.07, 6.45) is 8.05. The number of carbonyl (C=O) groups excluding carboxylic acids is 2. The van der Waals surface area contributed by atoms with E-state index in [9.17, 15) is 9.59 Å². The Kier molecular flexibility index (Phi) is 4.48. The van der Waals surface area contributed by atoms with Gasteiger partial charge in [0.2, 0.25) is 11.8 Å². The van der Waals surface area contributed by atoms with E-state index in [1.54, 1.807) is 0 Å². The van der Waals surface area contributed by atoms with Crippen molar-refractivity contribution in [2.45, 2.75) is 63.5 Å². The Morgan fingerprint density at radius 3 is 2.76 bits per heavy atom. The maximum Gasteiger partial charge on any atom is 0.225 e. The van der Waals surface area contributed by atoms with Crippen LogP contribution in [-0.4, -0.2) is 41.9 Å². The Balaban J connectivity index is 1.50.